The number of nitrogens with two attached hydrogens (primary N) is 1. The molecular weight excluding hydrogens is 492 g/mol. The Bertz CT molecular complexity index is 1390. The van der Waals surface area contributed by atoms with Gasteiger partial charge in [-0.1, -0.05) is 52.3 Å². The number of nitrogens with zero attached hydrogens (tertiary/aromatic N) is 4. The van der Waals surface area contributed by atoms with Gasteiger partial charge in [0.15, 0.2) is 0 Å². The van der Waals surface area contributed by atoms with Crippen LogP contribution in [-0.2, 0) is 16.8 Å². The summed E-state index contributed by atoms with van der Waals surface area (Å²) in [5, 5.41) is 33.8. The number of hydrogen-bond acceptors (Lipinski definition) is 6. The van der Waals surface area contributed by atoms with E-state index in [0.29, 0.717) is 40.9 Å². The maximum atomic E-state index is 13.9. The number of anilines is 1. The van der Waals surface area contributed by atoms with E-state index in [4.69, 9.17) is 5.73 Å². The average molecular weight is 511 g/mol. The van der Waals surface area contributed by atoms with Gasteiger partial charge in [-0.05, 0) is 34.9 Å². The summed E-state index contributed by atoms with van der Waals surface area (Å²) in [6.45, 7) is 1.55. The normalized spacial score (nSPS) is 24.8. The first-order valence-corrected chi connectivity index (χ1v) is 11.5. The van der Waals surface area contributed by atoms with Crippen LogP contribution in [0.15, 0.2) is 75.9 Å². The summed E-state index contributed by atoms with van der Waals surface area (Å²) in [5.41, 5.74) is 5.52. The largest absolute Gasteiger partial charge is 0.399 e. The van der Waals surface area contributed by atoms with Crippen LogP contribution in [0, 0.1) is 45.3 Å². The van der Waals surface area contributed by atoms with Crippen LogP contribution in [0.4, 0.5) is 5.69 Å². The number of halogens is 1. The van der Waals surface area contributed by atoms with Crippen molar-refractivity contribution in [1.29, 1.82) is 15.8 Å². The quantitative estimate of drug-likeness (QED) is 0.635. The lowest BCUT2D eigenvalue weighted by Crippen LogP contribution is -2.62. The van der Waals surface area contributed by atoms with E-state index in [-0.39, 0.29) is 11.3 Å². The maximum Gasteiger partial charge on any atom is 0.238 e. The third-order valence-electron chi connectivity index (χ3n) is 7.17. The molecule has 0 fully saturated rings. The minimum atomic E-state index is -2.05. The number of nitriles is 3. The summed E-state index contributed by atoms with van der Waals surface area (Å²) in [6, 6.07) is 21.5. The van der Waals surface area contributed by atoms with Crippen molar-refractivity contribution in [2.24, 2.45) is 17.1 Å². The molecule has 0 bridgehead atoms. The Labute approximate surface area is 205 Å². The van der Waals surface area contributed by atoms with Crippen molar-refractivity contribution in [3.8, 4) is 18.2 Å². The second-order valence-electron chi connectivity index (χ2n) is 8.72. The van der Waals surface area contributed by atoms with Gasteiger partial charge in [-0.2, -0.15) is 15.8 Å². The molecule has 34 heavy (non-hydrogen) atoms. The number of rotatable bonds is 2. The van der Waals surface area contributed by atoms with E-state index in [2.05, 4.69) is 44.4 Å². The lowest BCUT2D eigenvalue weighted by Gasteiger charge is -2.51. The third-order valence-corrected chi connectivity index (χ3v) is 7.66. The van der Waals surface area contributed by atoms with Crippen molar-refractivity contribution >= 4 is 27.5 Å². The molecule has 3 aliphatic rings. The minimum Gasteiger partial charge on any atom is -0.399 e. The number of benzene rings is 2. The van der Waals surface area contributed by atoms with Crippen molar-refractivity contribution in [2.75, 3.05) is 18.4 Å². The molecule has 0 radical (unpaired) electrons. The van der Waals surface area contributed by atoms with Crippen molar-refractivity contribution in [1.82, 2.24) is 4.90 Å². The first-order chi connectivity index (χ1) is 16.4. The summed E-state index contributed by atoms with van der Waals surface area (Å²) < 4.78 is 0.711. The molecule has 166 valence electrons. The Kier molecular flexibility index (Phi) is 5.06. The van der Waals surface area contributed by atoms with Crippen molar-refractivity contribution < 1.29 is 4.79 Å². The maximum absolute atomic E-state index is 13.9. The van der Waals surface area contributed by atoms with Crippen LogP contribution in [0.2, 0.25) is 0 Å². The fourth-order valence-electron chi connectivity index (χ4n) is 5.69. The summed E-state index contributed by atoms with van der Waals surface area (Å²) >= 11 is 3.48. The Hall–Kier alpha value is -3.90. The van der Waals surface area contributed by atoms with Crippen LogP contribution in [0.5, 0.6) is 0 Å². The highest BCUT2D eigenvalue weighted by Crippen LogP contribution is 2.62. The van der Waals surface area contributed by atoms with Crippen LogP contribution in [-0.4, -0.2) is 23.9 Å². The monoisotopic (exact) mass is 510 g/mol. The van der Waals surface area contributed by atoms with Crippen LogP contribution < -0.4 is 11.1 Å². The molecule has 2 aliphatic heterocycles. The van der Waals surface area contributed by atoms with Gasteiger partial charge in [0.05, 0.1) is 23.4 Å². The number of nitrogens with one attached hydrogen (secondary N) is 1. The van der Waals surface area contributed by atoms with Crippen LogP contribution >= 0.6 is 15.9 Å². The highest BCUT2D eigenvalue weighted by atomic mass is 79.9. The molecule has 2 heterocycles. The fourth-order valence-corrected chi connectivity index (χ4v) is 6.06. The molecule has 8 heteroatoms. The Balaban J connectivity index is 1.78. The number of hydrogen-bond donors (Lipinski definition) is 2. The van der Waals surface area contributed by atoms with E-state index in [1.54, 1.807) is 18.2 Å². The van der Waals surface area contributed by atoms with Crippen LogP contribution in [0.25, 0.3) is 0 Å². The number of carbonyl (C=O) groups excluding carboxylic acids is 1. The molecule has 1 amide bonds. The zero-order valence-corrected chi connectivity index (χ0v) is 19.6. The predicted octanol–water partition coefficient (Wildman–Crippen LogP) is 3.48. The Morgan fingerprint density at radius 3 is 2.56 bits per heavy atom. The predicted molar refractivity (Wildman–Crippen MR) is 128 cm³/mol. The molecule has 2 unspecified atom stereocenters. The molecule has 5 rings (SSSR count). The van der Waals surface area contributed by atoms with E-state index in [0.717, 1.165) is 5.56 Å². The van der Waals surface area contributed by atoms with E-state index < -0.39 is 22.7 Å². The molecule has 0 saturated heterocycles. The molecule has 0 saturated carbocycles. The van der Waals surface area contributed by atoms with Gasteiger partial charge in [0.25, 0.3) is 0 Å². The number of carbonyl (C=O) groups is 1. The molecule has 2 atom stereocenters. The van der Waals surface area contributed by atoms with Gasteiger partial charge in [-0.25, -0.2) is 0 Å². The smallest absolute Gasteiger partial charge is 0.238 e. The van der Waals surface area contributed by atoms with Gasteiger partial charge >= 0.3 is 0 Å². The van der Waals surface area contributed by atoms with Crippen LogP contribution in [0.3, 0.4) is 0 Å². The number of fused-ring (bicyclic) bond motifs is 4. The van der Waals surface area contributed by atoms with Gasteiger partial charge in [-0.15, -0.1) is 0 Å². The highest BCUT2D eigenvalue weighted by molar-refractivity contribution is 9.10. The molecule has 2 aromatic carbocycles. The minimum absolute atomic E-state index is 0.120. The van der Waals surface area contributed by atoms with Crippen molar-refractivity contribution in [2.45, 2.75) is 12.0 Å². The summed E-state index contributed by atoms with van der Waals surface area (Å²) in [7, 11) is 0. The molecule has 2 aromatic rings. The lowest BCUT2D eigenvalue weighted by molar-refractivity contribution is -0.125. The molecule has 3 N–H and O–H groups in total. The third kappa shape index (κ3) is 2.72. The Morgan fingerprint density at radius 1 is 1.15 bits per heavy atom. The molecule has 1 aliphatic carbocycles. The van der Waals surface area contributed by atoms with Gasteiger partial charge < -0.3 is 11.1 Å². The summed E-state index contributed by atoms with van der Waals surface area (Å²) in [6.07, 6.45) is 1.91. The topological polar surface area (TPSA) is 130 Å². The zero-order valence-electron chi connectivity index (χ0n) is 18.0. The molecule has 1 spiro atoms. The second kappa shape index (κ2) is 7.85. The molecule has 0 aromatic heterocycles. The van der Waals surface area contributed by atoms with Crippen molar-refractivity contribution in [3.63, 3.8) is 0 Å². The first kappa shape index (κ1) is 21.9. The van der Waals surface area contributed by atoms with Gasteiger partial charge in [0, 0.05) is 35.7 Å². The van der Waals surface area contributed by atoms with E-state index in [1.807, 2.05) is 36.4 Å². The van der Waals surface area contributed by atoms with Crippen molar-refractivity contribution in [3.05, 3.63) is 87.0 Å². The SMILES string of the molecule is N#CC1=C(N)C(C#N)(C#N)C2(C(=O)Nc3ccc(Br)cc32)C2CN(Cc3ccccc3)CC=C12. The molecular formula is C26H19BrN6O. The number of allylic oxidation sites excluding steroid dienone is 2. The standard InChI is InChI=1S/C26H19BrN6O/c27-17-6-7-22-20(10-17)26(24(34)32-22)21-13-33(12-16-4-2-1-3-5-16)9-8-18(21)19(11-28)23(31)25(26,14-29)15-30/h1-8,10,21H,9,12-13,31H2,(H,32,34). The van der Waals surface area contributed by atoms with E-state index >= 15 is 0 Å². The first-order valence-electron chi connectivity index (χ1n) is 10.7. The van der Waals surface area contributed by atoms with Gasteiger partial charge in [0.1, 0.15) is 11.5 Å². The highest BCUT2D eigenvalue weighted by Gasteiger charge is 2.71. The average Bonchev–Trinajstić information content (AvgIpc) is 3.13. The molecule has 7 nitrogen and oxygen atoms in total. The van der Waals surface area contributed by atoms with Crippen LogP contribution in [0.1, 0.15) is 11.1 Å². The van der Waals surface area contributed by atoms with Gasteiger partial charge in [-0.3, -0.25) is 9.69 Å². The number of amides is 1. The zero-order chi connectivity index (χ0) is 24.1. The summed E-state index contributed by atoms with van der Waals surface area (Å²) in [4.78, 5) is 16.0. The second-order valence-corrected chi connectivity index (χ2v) is 9.63. The fraction of sp³-hybridized carbons (Fsp3) is 0.231. The summed E-state index contributed by atoms with van der Waals surface area (Å²) in [5.74, 6) is -1.08. The lowest BCUT2D eigenvalue weighted by atomic mass is 9.48. The van der Waals surface area contributed by atoms with Gasteiger partial charge in [0.2, 0.25) is 11.3 Å². The van der Waals surface area contributed by atoms with E-state index in [9.17, 15) is 20.6 Å². The Morgan fingerprint density at radius 2 is 1.88 bits per heavy atom. The van der Waals surface area contributed by atoms with E-state index in [1.165, 1.54) is 0 Å².